The molecular formula is C32H36N4O6. The summed E-state index contributed by atoms with van der Waals surface area (Å²) in [5.74, 6) is -0.253. The molecule has 220 valence electrons. The maximum absolute atomic E-state index is 13.8. The predicted octanol–water partition coefficient (Wildman–Crippen LogP) is 4.31. The first kappa shape index (κ1) is 28.0. The largest absolute Gasteiger partial charge is 0.459 e. The van der Waals surface area contributed by atoms with Crippen molar-refractivity contribution in [3.8, 4) is 0 Å². The van der Waals surface area contributed by atoms with Crippen LogP contribution in [0.2, 0.25) is 0 Å². The Kier molecular flexibility index (Phi) is 7.99. The predicted molar refractivity (Wildman–Crippen MR) is 158 cm³/mol. The first-order valence-corrected chi connectivity index (χ1v) is 14.6. The fourth-order valence-corrected chi connectivity index (χ4v) is 6.24. The monoisotopic (exact) mass is 572 g/mol. The summed E-state index contributed by atoms with van der Waals surface area (Å²) in [6.07, 6.45) is 6.17. The highest BCUT2D eigenvalue weighted by molar-refractivity contribution is 5.95. The topological polar surface area (TPSA) is 119 Å². The van der Waals surface area contributed by atoms with Crippen molar-refractivity contribution < 1.29 is 24.2 Å². The zero-order valence-electron chi connectivity index (χ0n) is 23.7. The molecule has 2 N–H and O–H groups in total. The van der Waals surface area contributed by atoms with Gasteiger partial charge in [-0.1, -0.05) is 30.3 Å². The maximum atomic E-state index is 13.8. The molecule has 2 unspecified atom stereocenters. The number of fused-ring (bicyclic) bond motifs is 2. The van der Waals surface area contributed by atoms with Gasteiger partial charge in [0.2, 0.25) is 12.2 Å². The molecule has 0 aliphatic carbocycles. The number of allylic oxidation sites excluding steroid dienone is 1. The van der Waals surface area contributed by atoms with Gasteiger partial charge in [-0.2, -0.15) is 0 Å². The average Bonchev–Trinajstić information content (AvgIpc) is 3.56. The number of nitrogens with zero attached hydrogens (tertiary/aromatic N) is 3. The van der Waals surface area contributed by atoms with Crippen LogP contribution < -0.4 is 5.69 Å². The van der Waals surface area contributed by atoms with E-state index in [4.69, 9.17) is 14.6 Å². The molecule has 4 heterocycles. The Hall–Kier alpha value is -4.15. The van der Waals surface area contributed by atoms with E-state index in [9.17, 15) is 14.4 Å². The van der Waals surface area contributed by atoms with E-state index in [-0.39, 0.29) is 41.8 Å². The Labute approximate surface area is 243 Å². The number of carbonyl (C=O) groups excluding carboxylic acids is 2. The van der Waals surface area contributed by atoms with Crippen molar-refractivity contribution >= 4 is 33.8 Å². The Bertz CT molecular complexity index is 1690. The van der Waals surface area contributed by atoms with Gasteiger partial charge >= 0.3 is 5.69 Å². The Balaban J connectivity index is 1.24. The van der Waals surface area contributed by atoms with Crippen molar-refractivity contribution in [3.05, 3.63) is 82.6 Å². The molecular weight excluding hydrogens is 536 g/mol. The fourth-order valence-electron chi connectivity index (χ4n) is 6.24. The first-order chi connectivity index (χ1) is 20.4. The van der Waals surface area contributed by atoms with E-state index in [0.29, 0.717) is 51.8 Å². The number of carbonyl (C=O) groups is 2. The molecule has 0 radical (unpaired) electrons. The van der Waals surface area contributed by atoms with Gasteiger partial charge in [0.1, 0.15) is 0 Å². The van der Waals surface area contributed by atoms with Crippen molar-refractivity contribution in [3.63, 3.8) is 0 Å². The lowest BCUT2D eigenvalue weighted by atomic mass is 9.92. The molecule has 42 heavy (non-hydrogen) atoms. The first-order valence-electron chi connectivity index (χ1n) is 14.6. The molecule has 0 spiro atoms. The van der Waals surface area contributed by atoms with Crippen LogP contribution in [0.3, 0.4) is 0 Å². The number of rotatable bonds is 8. The number of amides is 1. The Morgan fingerprint density at radius 3 is 2.55 bits per heavy atom. The van der Waals surface area contributed by atoms with E-state index in [1.54, 1.807) is 9.47 Å². The van der Waals surface area contributed by atoms with Crippen LogP contribution in [-0.2, 0) is 14.3 Å². The van der Waals surface area contributed by atoms with E-state index >= 15 is 0 Å². The summed E-state index contributed by atoms with van der Waals surface area (Å²) < 4.78 is 15.6. The van der Waals surface area contributed by atoms with Crippen molar-refractivity contribution in [1.29, 1.82) is 0 Å². The van der Waals surface area contributed by atoms with Crippen LogP contribution in [-0.4, -0.2) is 68.5 Å². The number of aliphatic hydroxyl groups is 1. The quantitative estimate of drug-likeness (QED) is 0.304. The SMILES string of the molecule is CC(=O)n1cc(C2C=C(C(=O)N3CCC(n4c(=O)[nH]c5ccccc54)CC3)OC(OCCCCO)C2)c2ccccc21. The van der Waals surface area contributed by atoms with Gasteiger partial charge in [0, 0.05) is 56.6 Å². The summed E-state index contributed by atoms with van der Waals surface area (Å²) >= 11 is 0. The highest BCUT2D eigenvalue weighted by Gasteiger charge is 2.34. The number of nitrogens with one attached hydrogen (secondary N) is 1. The molecule has 1 fully saturated rings. The van der Waals surface area contributed by atoms with Crippen molar-refractivity contribution in [1.82, 2.24) is 19.0 Å². The lowest BCUT2D eigenvalue weighted by molar-refractivity contribution is -0.153. The molecule has 1 amide bonds. The Morgan fingerprint density at radius 1 is 1.05 bits per heavy atom. The molecule has 2 aliphatic rings. The number of para-hydroxylation sites is 3. The minimum Gasteiger partial charge on any atom is -0.459 e. The van der Waals surface area contributed by atoms with E-state index in [2.05, 4.69) is 4.98 Å². The smallest absolute Gasteiger partial charge is 0.326 e. The number of ether oxygens (including phenoxy) is 2. The summed E-state index contributed by atoms with van der Waals surface area (Å²) in [7, 11) is 0. The van der Waals surface area contributed by atoms with E-state index in [1.165, 1.54) is 6.92 Å². The third-order valence-electron chi connectivity index (χ3n) is 8.35. The number of imidazole rings is 1. The highest BCUT2D eigenvalue weighted by atomic mass is 16.7. The fraction of sp³-hybridized carbons (Fsp3) is 0.406. The Morgan fingerprint density at radius 2 is 1.79 bits per heavy atom. The van der Waals surface area contributed by atoms with Gasteiger partial charge < -0.3 is 24.5 Å². The summed E-state index contributed by atoms with van der Waals surface area (Å²) in [5.41, 5.74) is 3.31. The number of aromatic nitrogens is 3. The number of unbranched alkanes of at least 4 members (excludes halogenated alkanes) is 1. The third kappa shape index (κ3) is 5.39. The normalized spacial score (nSPS) is 19.7. The molecule has 2 aromatic heterocycles. The van der Waals surface area contributed by atoms with Gasteiger partial charge in [-0.05, 0) is 55.5 Å². The second kappa shape index (κ2) is 12.0. The minimum absolute atomic E-state index is 0.00739. The number of piperidine rings is 1. The summed E-state index contributed by atoms with van der Waals surface area (Å²) in [5, 5.41) is 10.1. The van der Waals surface area contributed by atoms with E-state index in [1.807, 2.05) is 65.4 Å². The standard InChI is InChI=1S/C32H36N4O6/c1-21(38)35-20-25(24-8-2-4-10-27(24)35)22-18-29(42-30(19-22)41-17-7-6-16-37)31(39)34-14-12-23(13-15-34)36-28-11-5-3-9-26(28)33-32(36)40/h2-5,8-11,18,20,22-23,30,37H,6-7,12-17,19H2,1H3,(H,33,40). The molecule has 2 aliphatic heterocycles. The van der Waals surface area contributed by atoms with Crippen molar-refractivity contribution in [2.45, 2.75) is 57.3 Å². The van der Waals surface area contributed by atoms with Crippen molar-refractivity contribution in [2.75, 3.05) is 26.3 Å². The number of aliphatic hydroxyl groups excluding tert-OH is 1. The second-order valence-corrected chi connectivity index (χ2v) is 11.1. The lowest BCUT2D eigenvalue weighted by Crippen LogP contribution is -2.42. The van der Waals surface area contributed by atoms with Gasteiger partial charge in [-0.15, -0.1) is 0 Å². The molecule has 2 aromatic carbocycles. The van der Waals surface area contributed by atoms with Crippen LogP contribution in [0.5, 0.6) is 0 Å². The number of hydrogen-bond donors (Lipinski definition) is 2. The van der Waals surface area contributed by atoms with E-state index in [0.717, 1.165) is 27.5 Å². The highest BCUT2D eigenvalue weighted by Crippen LogP contribution is 2.37. The second-order valence-electron chi connectivity index (χ2n) is 11.1. The van der Waals surface area contributed by atoms with Crippen LogP contribution in [0, 0.1) is 0 Å². The van der Waals surface area contributed by atoms with E-state index < -0.39 is 6.29 Å². The van der Waals surface area contributed by atoms with Gasteiger partial charge in [-0.3, -0.25) is 18.7 Å². The van der Waals surface area contributed by atoms with Crippen LogP contribution in [0.1, 0.15) is 61.3 Å². The lowest BCUT2D eigenvalue weighted by Gasteiger charge is -2.35. The van der Waals surface area contributed by atoms with Gasteiger partial charge in [0.05, 0.1) is 23.2 Å². The number of aromatic amines is 1. The third-order valence-corrected chi connectivity index (χ3v) is 8.35. The van der Waals surface area contributed by atoms with Crippen LogP contribution >= 0.6 is 0 Å². The zero-order valence-corrected chi connectivity index (χ0v) is 23.7. The summed E-state index contributed by atoms with van der Waals surface area (Å²) in [6, 6.07) is 15.4. The summed E-state index contributed by atoms with van der Waals surface area (Å²) in [4.78, 5) is 43.6. The molecule has 10 nitrogen and oxygen atoms in total. The average molecular weight is 573 g/mol. The molecule has 4 aromatic rings. The van der Waals surface area contributed by atoms with Crippen LogP contribution in [0.4, 0.5) is 0 Å². The molecule has 0 saturated carbocycles. The van der Waals surface area contributed by atoms with Gasteiger partial charge in [0.25, 0.3) is 5.91 Å². The van der Waals surface area contributed by atoms with Crippen LogP contribution in [0.15, 0.2) is 71.4 Å². The maximum Gasteiger partial charge on any atom is 0.326 e. The minimum atomic E-state index is -0.639. The number of benzene rings is 2. The summed E-state index contributed by atoms with van der Waals surface area (Å²) in [6.45, 7) is 3.01. The molecule has 0 bridgehead atoms. The van der Waals surface area contributed by atoms with Crippen molar-refractivity contribution in [2.24, 2.45) is 0 Å². The molecule has 6 rings (SSSR count). The molecule has 2 atom stereocenters. The van der Waals surface area contributed by atoms with Crippen LogP contribution in [0.25, 0.3) is 21.9 Å². The van der Waals surface area contributed by atoms with Gasteiger partial charge in [0.15, 0.2) is 5.76 Å². The number of H-pyrrole nitrogens is 1. The number of likely N-dealkylation sites (tertiary alicyclic amines) is 1. The molecule has 10 heteroatoms. The zero-order chi connectivity index (χ0) is 29.2. The van der Waals surface area contributed by atoms with Gasteiger partial charge in [-0.25, -0.2) is 4.79 Å². The molecule has 1 saturated heterocycles. The number of hydrogen-bond acceptors (Lipinski definition) is 6.